The maximum absolute atomic E-state index is 5.75. The monoisotopic (exact) mass is 1330 g/mol. The molecule has 0 spiro atoms. The van der Waals surface area contributed by atoms with Crippen LogP contribution in [0.5, 0.6) is 0 Å². The molecule has 3 aliphatic carbocycles. The van der Waals surface area contributed by atoms with Gasteiger partial charge >= 0.3 is 0 Å². The van der Waals surface area contributed by atoms with Crippen molar-refractivity contribution in [3.63, 3.8) is 0 Å². The molecule has 8 unspecified atom stereocenters. The van der Waals surface area contributed by atoms with Crippen molar-refractivity contribution < 1.29 is 28.4 Å². The van der Waals surface area contributed by atoms with Crippen molar-refractivity contribution in [2.24, 2.45) is 88.8 Å². The lowest BCUT2D eigenvalue weighted by molar-refractivity contribution is 0.0373. The zero-order chi connectivity index (χ0) is 75.0. The van der Waals surface area contributed by atoms with Gasteiger partial charge in [-0.2, -0.15) is 0 Å². The van der Waals surface area contributed by atoms with Gasteiger partial charge in [-0.15, -0.1) is 0 Å². The van der Waals surface area contributed by atoms with Crippen LogP contribution in [-0.2, 0) is 28.4 Å². The van der Waals surface area contributed by atoms with E-state index in [0.717, 1.165) is 143 Å². The molecular weight excluding hydrogens is 1130 g/mol. The summed E-state index contributed by atoms with van der Waals surface area (Å²) in [6.45, 7) is 97.0. The lowest BCUT2D eigenvalue weighted by Crippen LogP contribution is -2.26. The van der Waals surface area contributed by atoms with Crippen molar-refractivity contribution in [3.8, 4) is 0 Å². The Morgan fingerprint density at radius 1 is 0.207 bits per heavy atom. The van der Waals surface area contributed by atoms with E-state index in [0.29, 0.717) is 30.1 Å². The van der Waals surface area contributed by atoms with Crippen LogP contribution in [0, 0.1) is 88.8 Å². The van der Waals surface area contributed by atoms with Crippen LogP contribution in [0.25, 0.3) is 0 Å². The van der Waals surface area contributed by atoms with Gasteiger partial charge in [-0.3, -0.25) is 0 Å². The van der Waals surface area contributed by atoms with Crippen molar-refractivity contribution >= 4 is 0 Å². The fraction of sp³-hybridized carbons (Fsp3) is 1.00. The Hall–Kier alpha value is -0.240. The standard InChI is InChI=1S/C10H18O.C9H16O2.C9H18.2C8H16O.C7H14O.C7H14.14C2H6/c1-7(2)9-6-11-10-5-3-4-8(9)10;1-6(2)7-5-11-8-3-4-10-9(7)8;1-8(2)9-6-4-3-5-7-9;1-7(2)8-3-5-9-6-4-8;1-7(2)8-4-3-5-9-6-8;1-6(2)7-3-4-8-5-7;1-6(2)7-4-3-5-7;14*1-2/h7-10H,3-6H2,1-2H3;6-9H,3-5H2,1-2H3;8-9H,3-7H2,1-2H3;2*7-8H,3-6H2,1-2H3;6-7H,3-5H2,1-2H3;6-7H,3-5H2,1-2H3;14*1-2H3. The third-order valence-electron chi connectivity index (χ3n) is 17.2. The second-order valence-electron chi connectivity index (χ2n) is 24.1. The highest BCUT2D eigenvalue weighted by Crippen LogP contribution is 2.42. The molecule has 6 heterocycles. The summed E-state index contributed by atoms with van der Waals surface area (Å²) in [5.74, 6) is 13.0. The highest BCUT2D eigenvalue weighted by molar-refractivity contribution is 4.91. The fourth-order valence-electron chi connectivity index (χ4n) is 11.4. The molecule has 0 aromatic heterocycles. The quantitative estimate of drug-likeness (QED) is 0.253. The van der Waals surface area contributed by atoms with Gasteiger partial charge in [0.05, 0.1) is 31.5 Å². The summed E-state index contributed by atoms with van der Waals surface area (Å²) in [5, 5.41) is 0. The minimum Gasteiger partial charge on any atom is -0.381 e. The molecule has 6 aliphatic heterocycles. The molecule has 6 saturated heterocycles. The smallest absolute Gasteiger partial charge is 0.0890 e. The van der Waals surface area contributed by atoms with Crippen molar-refractivity contribution in [3.05, 3.63) is 0 Å². The summed E-state index contributed by atoms with van der Waals surface area (Å²) < 4.78 is 32.8. The van der Waals surface area contributed by atoms with Crippen LogP contribution in [0.1, 0.15) is 400 Å². The van der Waals surface area contributed by atoms with Crippen LogP contribution in [0.2, 0.25) is 0 Å². The fourth-order valence-corrected chi connectivity index (χ4v) is 11.4. The third-order valence-corrected chi connectivity index (χ3v) is 17.2. The van der Waals surface area contributed by atoms with Gasteiger partial charge in [-0.05, 0) is 134 Å². The molecule has 576 valence electrons. The molecule has 0 aromatic rings. The van der Waals surface area contributed by atoms with Gasteiger partial charge in [-0.25, -0.2) is 0 Å². The maximum Gasteiger partial charge on any atom is 0.0890 e. The molecule has 0 radical (unpaired) electrons. The normalized spacial score (nSPS) is 22.9. The van der Waals surface area contributed by atoms with Gasteiger partial charge in [0.15, 0.2) is 0 Å². The van der Waals surface area contributed by atoms with Crippen LogP contribution in [0.4, 0.5) is 0 Å². The molecule has 92 heavy (non-hydrogen) atoms. The lowest BCUT2D eigenvalue weighted by atomic mass is 9.78. The predicted molar refractivity (Wildman–Crippen MR) is 431 cm³/mol. The lowest BCUT2D eigenvalue weighted by Gasteiger charge is -2.28. The largest absolute Gasteiger partial charge is 0.381 e. The van der Waals surface area contributed by atoms with E-state index < -0.39 is 0 Å². The Balaban J connectivity index is -0.0000000764. The predicted octanol–water partition coefficient (Wildman–Crippen LogP) is 29.8. The summed E-state index contributed by atoms with van der Waals surface area (Å²) >= 11 is 0. The highest BCUT2D eigenvalue weighted by atomic mass is 16.6. The Morgan fingerprint density at radius 3 is 0.804 bits per heavy atom. The molecule has 0 N–H and O–H groups in total. The summed E-state index contributed by atoms with van der Waals surface area (Å²) in [4.78, 5) is 0. The second kappa shape index (κ2) is 99.4. The Labute approximate surface area is 592 Å². The zero-order valence-electron chi connectivity index (χ0n) is 73.2. The SMILES string of the molecule is CC.CC.CC.CC.CC.CC.CC.CC.CC.CC.CC.CC.CC.CC.CC(C)C1CCC1.CC(C)C1CCCCC1.CC(C)C1CCCOC1.CC(C)C1CCOC1.CC(C)C1CCOCC1.CC(C)C1COC2CCCC21.CC(C)C1COC2CCOC21. The number of fused-ring (bicyclic) bond motifs is 2. The molecule has 0 aromatic carbocycles. The number of hydrogen-bond donors (Lipinski definition) is 0. The van der Waals surface area contributed by atoms with Crippen molar-refractivity contribution in [1.82, 2.24) is 0 Å². The number of hydrogen-bond acceptors (Lipinski definition) is 6. The Morgan fingerprint density at radius 2 is 0.511 bits per heavy atom. The molecule has 6 nitrogen and oxygen atoms in total. The topological polar surface area (TPSA) is 55.4 Å². The molecular formula is C86H196O6. The van der Waals surface area contributed by atoms with Crippen molar-refractivity contribution in [2.75, 3.05) is 59.5 Å². The molecule has 9 aliphatic rings. The van der Waals surface area contributed by atoms with Gasteiger partial charge in [0.2, 0.25) is 0 Å². The maximum atomic E-state index is 5.75. The molecule has 9 rings (SSSR count). The van der Waals surface area contributed by atoms with Gasteiger partial charge < -0.3 is 28.4 Å². The van der Waals surface area contributed by atoms with Crippen LogP contribution in [0.15, 0.2) is 0 Å². The first kappa shape index (κ1) is 119. The molecule has 9 fully saturated rings. The summed E-state index contributed by atoms with van der Waals surface area (Å²) in [7, 11) is 0. The first-order valence-electron chi connectivity index (χ1n) is 42.2. The minimum absolute atomic E-state index is 0.412. The molecule has 8 atom stereocenters. The average molecular weight is 1330 g/mol. The van der Waals surface area contributed by atoms with Gasteiger partial charge in [0.25, 0.3) is 0 Å². The molecule has 0 amide bonds. The Kier molecular flexibility index (Phi) is 128. The first-order chi connectivity index (χ1) is 44.6. The van der Waals surface area contributed by atoms with E-state index in [4.69, 9.17) is 28.4 Å². The molecule has 6 heteroatoms. The minimum atomic E-state index is 0.412. The van der Waals surface area contributed by atoms with E-state index in [1.165, 1.54) is 103 Å². The number of rotatable bonds is 7. The van der Waals surface area contributed by atoms with E-state index >= 15 is 0 Å². The highest BCUT2D eigenvalue weighted by Gasteiger charge is 2.43. The molecule has 3 saturated carbocycles. The summed E-state index contributed by atoms with van der Waals surface area (Å²) in [6.07, 6.45) is 25.1. The van der Waals surface area contributed by atoms with Crippen molar-refractivity contribution in [1.29, 1.82) is 0 Å². The second-order valence-corrected chi connectivity index (χ2v) is 24.1. The van der Waals surface area contributed by atoms with E-state index in [-0.39, 0.29) is 0 Å². The molecule has 0 bridgehead atoms. The summed E-state index contributed by atoms with van der Waals surface area (Å²) in [6, 6.07) is 0. The van der Waals surface area contributed by atoms with Crippen LogP contribution in [0.3, 0.4) is 0 Å². The van der Waals surface area contributed by atoms with Gasteiger partial charge in [-0.1, -0.05) is 349 Å². The van der Waals surface area contributed by atoms with E-state index in [1.807, 2.05) is 194 Å². The van der Waals surface area contributed by atoms with Crippen LogP contribution < -0.4 is 0 Å². The average Bonchev–Trinajstić information content (AvgIpc) is 1.86. The van der Waals surface area contributed by atoms with Crippen LogP contribution >= 0.6 is 0 Å². The van der Waals surface area contributed by atoms with E-state index in [2.05, 4.69) is 96.9 Å². The van der Waals surface area contributed by atoms with Crippen molar-refractivity contribution in [2.45, 2.75) is 418 Å². The van der Waals surface area contributed by atoms with Gasteiger partial charge in [0.1, 0.15) is 0 Å². The van der Waals surface area contributed by atoms with Crippen LogP contribution in [-0.4, -0.2) is 77.8 Å². The Bertz CT molecular complexity index is 1010. The van der Waals surface area contributed by atoms with E-state index in [9.17, 15) is 0 Å². The van der Waals surface area contributed by atoms with E-state index in [1.54, 1.807) is 0 Å². The first-order valence-corrected chi connectivity index (χ1v) is 42.2. The third kappa shape index (κ3) is 67.0. The summed E-state index contributed by atoms with van der Waals surface area (Å²) in [5.41, 5.74) is 0. The van der Waals surface area contributed by atoms with Gasteiger partial charge in [0, 0.05) is 52.2 Å². The number of ether oxygens (including phenoxy) is 6. The zero-order valence-corrected chi connectivity index (χ0v) is 73.2.